The zero-order chi connectivity index (χ0) is 19.2. The van der Waals surface area contributed by atoms with Crippen molar-refractivity contribution >= 4 is 34.7 Å². The van der Waals surface area contributed by atoms with Crippen LogP contribution in [-0.2, 0) is 4.79 Å². The molecule has 2 aromatic carbocycles. The highest BCUT2D eigenvalue weighted by Gasteiger charge is 2.09. The van der Waals surface area contributed by atoms with Crippen LogP contribution in [0.1, 0.15) is 17.4 Å². The summed E-state index contributed by atoms with van der Waals surface area (Å²) in [5.41, 5.74) is 2.03. The Morgan fingerprint density at radius 2 is 1.44 bits per heavy atom. The molecule has 0 bridgehead atoms. The molecule has 0 unspecified atom stereocenters. The van der Waals surface area contributed by atoms with Gasteiger partial charge in [-0.3, -0.25) is 9.59 Å². The van der Waals surface area contributed by atoms with Crippen LogP contribution in [0.4, 0.5) is 27.3 Å². The normalized spacial score (nSPS) is 10.1. The molecule has 1 aromatic heterocycles. The Morgan fingerprint density at radius 3 is 2.11 bits per heavy atom. The number of carbonyl (C=O) groups is 2. The molecule has 0 fully saturated rings. The lowest BCUT2D eigenvalue weighted by molar-refractivity contribution is -0.114. The van der Waals surface area contributed by atoms with E-state index in [-0.39, 0.29) is 17.4 Å². The van der Waals surface area contributed by atoms with Gasteiger partial charge < -0.3 is 16.0 Å². The van der Waals surface area contributed by atoms with E-state index in [2.05, 4.69) is 25.9 Å². The molecule has 0 aliphatic heterocycles. The minimum absolute atomic E-state index is 0.150. The van der Waals surface area contributed by atoms with Crippen molar-refractivity contribution < 1.29 is 14.0 Å². The summed E-state index contributed by atoms with van der Waals surface area (Å²) in [6, 6.07) is 14.0. The minimum Gasteiger partial charge on any atom is -0.340 e. The predicted molar refractivity (Wildman–Crippen MR) is 100 cm³/mol. The highest BCUT2D eigenvalue weighted by atomic mass is 19.1. The molecule has 27 heavy (non-hydrogen) atoms. The molecule has 0 aliphatic carbocycles. The van der Waals surface area contributed by atoms with E-state index in [0.717, 1.165) is 5.69 Å². The van der Waals surface area contributed by atoms with E-state index in [1.165, 1.54) is 43.6 Å². The minimum atomic E-state index is -0.437. The molecular weight excluding hydrogens is 349 g/mol. The van der Waals surface area contributed by atoms with Crippen LogP contribution in [0.2, 0.25) is 0 Å². The van der Waals surface area contributed by atoms with E-state index in [1.54, 1.807) is 24.3 Å². The summed E-state index contributed by atoms with van der Waals surface area (Å²) in [4.78, 5) is 31.4. The number of anilines is 4. The first-order chi connectivity index (χ1) is 13.0. The van der Waals surface area contributed by atoms with Crippen molar-refractivity contribution in [2.24, 2.45) is 0 Å². The van der Waals surface area contributed by atoms with Gasteiger partial charge in [0.05, 0.1) is 0 Å². The Kier molecular flexibility index (Phi) is 5.36. The number of hydrogen-bond donors (Lipinski definition) is 3. The first kappa shape index (κ1) is 18.0. The van der Waals surface area contributed by atoms with Crippen LogP contribution in [-0.4, -0.2) is 21.8 Å². The molecule has 0 radical (unpaired) electrons. The van der Waals surface area contributed by atoms with E-state index in [0.29, 0.717) is 17.2 Å². The van der Waals surface area contributed by atoms with E-state index in [1.807, 2.05) is 0 Å². The van der Waals surface area contributed by atoms with E-state index in [9.17, 15) is 14.0 Å². The number of hydrogen-bond acceptors (Lipinski definition) is 5. The molecule has 0 saturated heterocycles. The topological polar surface area (TPSA) is 96.0 Å². The second-order valence-corrected chi connectivity index (χ2v) is 5.63. The van der Waals surface area contributed by atoms with E-state index < -0.39 is 5.91 Å². The van der Waals surface area contributed by atoms with Gasteiger partial charge in [-0.25, -0.2) is 14.4 Å². The Balaban J connectivity index is 1.68. The molecule has 0 saturated carbocycles. The van der Waals surface area contributed by atoms with E-state index >= 15 is 0 Å². The zero-order valence-corrected chi connectivity index (χ0v) is 14.4. The molecular formula is C19H16FN5O2. The fourth-order valence-corrected chi connectivity index (χ4v) is 2.27. The van der Waals surface area contributed by atoms with Gasteiger partial charge in [0.15, 0.2) is 0 Å². The Labute approximate surface area is 154 Å². The van der Waals surface area contributed by atoms with Crippen LogP contribution < -0.4 is 16.0 Å². The highest BCUT2D eigenvalue weighted by Crippen LogP contribution is 2.18. The number of amides is 2. The number of nitrogens with one attached hydrogen (secondary N) is 3. The highest BCUT2D eigenvalue weighted by molar-refractivity contribution is 6.03. The molecule has 0 spiro atoms. The molecule has 3 aromatic rings. The summed E-state index contributed by atoms with van der Waals surface area (Å²) in [6.07, 6.45) is 1.27. The predicted octanol–water partition coefficient (Wildman–Crippen LogP) is 3.57. The molecule has 0 atom stereocenters. The number of rotatable bonds is 5. The average Bonchev–Trinajstić information content (AvgIpc) is 2.65. The number of benzene rings is 2. The number of halogens is 1. The van der Waals surface area contributed by atoms with Crippen LogP contribution in [0.15, 0.2) is 60.9 Å². The lowest BCUT2D eigenvalue weighted by Gasteiger charge is -2.09. The Hall–Kier alpha value is -3.81. The fraction of sp³-hybridized carbons (Fsp3) is 0.0526. The number of carbonyl (C=O) groups excluding carboxylic acids is 2. The van der Waals surface area contributed by atoms with Crippen molar-refractivity contribution in [3.8, 4) is 0 Å². The Bertz CT molecular complexity index is 959. The molecule has 3 N–H and O–H groups in total. The van der Waals surface area contributed by atoms with Crippen molar-refractivity contribution in [3.63, 3.8) is 0 Å². The molecule has 1 heterocycles. The molecule has 7 nitrogen and oxygen atoms in total. The third-order valence-electron chi connectivity index (χ3n) is 3.48. The Morgan fingerprint density at radius 1 is 0.852 bits per heavy atom. The smallest absolute Gasteiger partial charge is 0.274 e. The van der Waals surface area contributed by atoms with Gasteiger partial charge in [-0.1, -0.05) is 0 Å². The lowest BCUT2D eigenvalue weighted by Crippen LogP contribution is -2.14. The van der Waals surface area contributed by atoms with Crippen LogP contribution in [0.5, 0.6) is 0 Å². The van der Waals surface area contributed by atoms with Gasteiger partial charge in [0, 0.05) is 30.1 Å². The third-order valence-corrected chi connectivity index (χ3v) is 3.48. The molecule has 136 valence electrons. The second kappa shape index (κ2) is 8.05. The number of aromatic nitrogens is 2. The largest absolute Gasteiger partial charge is 0.340 e. The maximum Gasteiger partial charge on any atom is 0.274 e. The molecule has 2 amide bonds. The summed E-state index contributed by atoms with van der Waals surface area (Å²) < 4.78 is 12.9. The average molecular weight is 365 g/mol. The molecule has 0 aliphatic rings. The lowest BCUT2D eigenvalue weighted by atomic mass is 10.2. The van der Waals surface area contributed by atoms with Gasteiger partial charge in [0.25, 0.3) is 5.91 Å². The first-order valence-electron chi connectivity index (χ1n) is 8.03. The quantitative estimate of drug-likeness (QED) is 0.642. The zero-order valence-electron chi connectivity index (χ0n) is 14.4. The standard InChI is InChI=1S/C19H16FN5O2/c1-12(26)23-14-6-8-15(9-7-14)24-18-10-17(21-11-22-18)19(27)25-16-4-2-13(20)3-5-16/h2-11H,1H3,(H,23,26)(H,25,27)(H,21,22,24). The van der Waals surface area contributed by atoms with Crippen LogP contribution >= 0.6 is 0 Å². The summed E-state index contributed by atoms with van der Waals surface area (Å²) in [5, 5.41) is 8.37. The summed E-state index contributed by atoms with van der Waals surface area (Å²) in [5.74, 6) is -0.538. The van der Waals surface area contributed by atoms with Crippen molar-refractivity contribution in [3.05, 3.63) is 72.4 Å². The second-order valence-electron chi connectivity index (χ2n) is 5.63. The maximum atomic E-state index is 12.9. The van der Waals surface area contributed by atoms with Gasteiger partial charge in [0.2, 0.25) is 5.91 Å². The van der Waals surface area contributed by atoms with Crippen molar-refractivity contribution in [1.29, 1.82) is 0 Å². The van der Waals surface area contributed by atoms with Crippen LogP contribution in [0.25, 0.3) is 0 Å². The molecule has 3 rings (SSSR count). The first-order valence-corrected chi connectivity index (χ1v) is 8.03. The summed E-state index contributed by atoms with van der Waals surface area (Å²) in [6.45, 7) is 1.44. The number of nitrogens with zero attached hydrogens (tertiary/aromatic N) is 2. The van der Waals surface area contributed by atoms with E-state index in [4.69, 9.17) is 0 Å². The van der Waals surface area contributed by atoms with Gasteiger partial charge >= 0.3 is 0 Å². The summed E-state index contributed by atoms with van der Waals surface area (Å²) in [7, 11) is 0. The van der Waals surface area contributed by atoms with Crippen molar-refractivity contribution in [1.82, 2.24) is 9.97 Å². The van der Waals surface area contributed by atoms with Gasteiger partial charge in [-0.2, -0.15) is 0 Å². The third kappa shape index (κ3) is 5.08. The van der Waals surface area contributed by atoms with Gasteiger partial charge in [0.1, 0.15) is 23.7 Å². The van der Waals surface area contributed by atoms with Crippen molar-refractivity contribution in [2.45, 2.75) is 6.92 Å². The fourth-order valence-electron chi connectivity index (χ4n) is 2.27. The van der Waals surface area contributed by atoms with Crippen LogP contribution in [0.3, 0.4) is 0 Å². The van der Waals surface area contributed by atoms with Crippen LogP contribution in [0, 0.1) is 5.82 Å². The SMILES string of the molecule is CC(=O)Nc1ccc(Nc2cc(C(=O)Nc3ccc(F)cc3)ncn2)cc1. The monoisotopic (exact) mass is 365 g/mol. The molecule has 8 heteroatoms. The van der Waals surface area contributed by atoms with Gasteiger partial charge in [-0.05, 0) is 48.5 Å². The summed E-state index contributed by atoms with van der Waals surface area (Å²) >= 11 is 0. The maximum absolute atomic E-state index is 12.9. The van der Waals surface area contributed by atoms with Crippen molar-refractivity contribution in [2.75, 3.05) is 16.0 Å². The van der Waals surface area contributed by atoms with Gasteiger partial charge in [-0.15, -0.1) is 0 Å².